The standard InChI is InChI=1S/C21H15F3N4O/c1-12-5-6-15(10-16(12)17-7-8-18-19(27-17)11-25-28-18)26-20(29)13-3-2-4-14(9-13)21(22,23)24/h2-11H,1H3,(H,25,28)(H,26,29). The maximum absolute atomic E-state index is 12.9. The van der Waals surface area contributed by atoms with Crippen molar-refractivity contribution in [3.63, 3.8) is 0 Å². The number of hydrogen-bond donors (Lipinski definition) is 2. The maximum Gasteiger partial charge on any atom is 0.416 e. The average molecular weight is 396 g/mol. The largest absolute Gasteiger partial charge is 0.416 e. The van der Waals surface area contributed by atoms with Crippen molar-refractivity contribution in [2.75, 3.05) is 5.32 Å². The third kappa shape index (κ3) is 3.82. The SMILES string of the molecule is Cc1ccc(NC(=O)c2cccc(C(F)(F)F)c2)cc1-c1ccc2[nH]ncc2n1. The number of halogens is 3. The predicted molar refractivity (Wildman–Crippen MR) is 103 cm³/mol. The number of carbonyl (C=O) groups is 1. The number of alkyl halides is 3. The smallest absolute Gasteiger partial charge is 0.322 e. The molecule has 0 radical (unpaired) electrons. The number of aromatic amines is 1. The Bertz CT molecular complexity index is 1210. The van der Waals surface area contributed by atoms with E-state index < -0.39 is 17.6 Å². The van der Waals surface area contributed by atoms with E-state index in [9.17, 15) is 18.0 Å². The molecule has 146 valence electrons. The van der Waals surface area contributed by atoms with Gasteiger partial charge in [0.15, 0.2) is 0 Å². The third-order valence-corrected chi connectivity index (χ3v) is 4.52. The summed E-state index contributed by atoms with van der Waals surface area (Å²) >= 11 is 0. The van der Waals surface area contributed by atoms with Gasteiger partial charge in [-0.25, -0.2) is 4.98 Å². The van der Waals surface area contributed by atoms with Crippen LogP contribution in [-0.2, 0) is 6.18 Å². The molecular weight excluding hydrogens is 381 g/mol. The second-order valence-corrected chi connectivity index (χ2v) is 6.56. The van der Waals surface area contributed by atoms with E-state index in [2.05, 4.69) is 20.5 Å². The number of hydrogen-bond acceptors (Lipinski definition) is 3. The van der Waals surface area contributed by atoms with E-state index in [-0.39, 0.29) is 5.56 Å². The van der Waals surface area contributed by atoms with Gasteiger partial charge in [-0.1, -0.05) is 12.1 Å². The molecule has 29 heavy (non-hydrogen) atoms. The molecule has 0 fully saturated rings. The van der Waals surface area contributed by atoms with E-state index in [1.54, 1.807) is 18.3 Å². The van der Waals surface area contributed by atoms with Gasteiger partial charge < -0.3 is 5.32 Å². The van der Waals surface area contributed by atoms with Crippen LogP contribution in [-0.4, -0.2) is 21.1 Å². The number of rotatable bonds is 3. The minimum absolute atomic E-state index is 0.0695. The van der Waals surface area contributed by atoms with Gasteiger partial charge in [-0.2, -0.15) is 18.3 Å². The predicted octanol–water partition coefficient (Wildman–Crippen LogP) is 5.20. The molecular formula is C21H15F3N4O. The molecule has 8 heteroatoms. The third-order valence-electron chi connectivity index (χ3n) is 4.52. The number of H-pyrrole nitrogens is 1. The zero-order valence-corrected chi connectivity index (χ0v) is 15.2. The van der Waals surface area contributed by atoms with Crippen LogP contribution in [0.15, 0.2) is 60.8 Å². The average Bonchev–Trinajstić information content (AvgIpc) is 3.16. The van der Waals surface area contributed by atoms with Gasteiger partial charge in [0.05, 0.1) is 23.0 Å². The summed E-state index contributed by atoms with van der Waals surface area (Å²) in [4.78, 5) is 17.0. The summed E-state index contributed by atoms with van der Waals surface area (Å²) in [6, 6.07) is 13.3. The molecule has 4 aromatic rings. The molecule has 0 unspecified atom stereocenters. The van der Waals surface area contributed by atoms with Crippen LogP contribution in [0.4, 0.5) is 18.9 Å². The van der Waals surface area contributed by atoms with E-state index in [0.29, 0.717) is 16.9 Å². The maximum atomic E-state index is 12.9. The molecule has 2 N–H and O–H groups in total. The lowest BCUT2D eigenvalue weighted by atomic mass is 10.0. The molecule has 2 heterocycles. The van der Waals surface area contributed by atoms with Crippen molar-refractivity contribution in [1.82, 2.24) is 15.2 Å². The Morgan fingerprint density at radius 1 is 1.07 bits per heavy atom. The number of fused-ring (bicyclic) bond motifs is 1. The van der Waals surface area contributed by atoms with Crippen molar-refractivity contribution in [3.05, 3.63) is 77.5 Å². The summed E-state index contributed by atoms with van der Waals surface area (Å²) < 4.78 is 38.7. The van der Waals surface area contributed by atoms with Gasteiger partial charge in [0.1, 0.15) is 5.52 Å². The topological polar surface area (TPSA) is 70.7 Å². The number of pyridine rings is 1. The number of carbonyl (C=O) groups excluding carboxylic acids is 1. The molecule has 0 bridgehead atoms. The van der Waals surface area contributed by atoms with E-state index in [1.165, 1.54) is 12.1 Å². The van der Waals surface area contributed by atoms with Crippen LogP contribution in [0, 0.1) is 6.92 Å². The molecule has 0 aliphatic carbocycles. The van der Waals surface area contributed by atoms with Gasteiger partial charge >= 0.3 is 6.18 Å². The highest BCUT2D eigenvalue weighted by atomic mass is 19.4. The Balaban J connectivity index is 1.63. The van der Waals surface area contributed by atoms with Crippen molar-refractivity contribution in [2.24, 2.45) is 0 Å². The minimum Gasteiger partial charge on any atom is -0.322 e. The molecule has 5 nitrogen and oxygen atoms in total. The second kappa shape index (κ2) is 7.05. The Labute approximate surface area is 163 Å². The first kappa shape index (κ1) is 18.7. The zero-order valence-electron chi connectivity index (χ0n) is 15.2. The lowest BCUT2D eigenvalue weighted by Crippen LogP contribution is -2.14. The summed E-state index contributed by atoms with van der Waals surface area (Å²) in [5, 5.41) is 9.44. The fraction of sp³-hybridized carbons (Fsp3) is 0.0952. The molecule has 2 aromatic heterocycles. The second-order valence-electron chi connectivity index (χ2n) is 6.56. The number of amides is 1. The zero-order chi connectivity index (χ0) is 20.6. The van der Waals surface area contributed by atoms with Crippen LogP contribution in [0.25, 0.3) is 22.3 Å². The summed E-state index contributed by atoms with van der Waals surface area (Å²) in [6.07, 6.45) is -2.89. The Kier molecular flexibility index (Phi) is 4.54. The molecule has 0 aliphatic rings. The first-order valence-electron chi connectivity index (χ1n) is 8.71. The van der Waals surface area contributed by atoms with Crippen LogP contribution in [0.1, 0.15) is 21.5 Å². The molecule has 1 amide bonds. The van der Waals surface area contributed by atoms with Crippen LogP contribution in [0.2, 0.25) is 0 Å². The molecule has 2 aromatic carbocycles. The normalized spacial score (nSPS) is 11.6. The summed E-state index contributed by atoms with van der Waals surface area (Å²) in [5.74, 6) is -0.621. The molecule has 0 saturated carbocycles. The number of nitrogens with one attached hydrogen (secondary N) is 2. The Morgan fingerprint density at radius 2 is 1.90 bits per heavy atom. The highest BCUT2D eigenvalue weighted by Crippen LogP contribution is 2.30. The van der Waals surface area contributed by atoms with Gasteiger partial charge in [0.25, 0.3) is 5.91 Å². The van der Waals surface area contributed by atoms with Crippen LogP contribution < -0.4 is 5.32 Å². The van der Waals surface area contributed by atoms with Crippen molar-refractivity contribution < 1.29 is 18.0 Å². The van der Waals surface area contributed by atoms with E-state index >= 15 is 0 Å². The number of anilines is 1. The Hall–Kier alpha value is -3.68. The fourth-order valence-electron chi connectivity index (χ4n) is 3.00. The molecule has 0 saturated heterocycles. The van der Waals surface area contributed by atoms with Crippen molar-refractivity contribution in [1.29, 1.82) is 0 Å². The molecule has 0 spiro atoms. The first-order chi connectivity index (χ1) is 13.8. The summed E-state index contributed by atoms with van der Waals surface area (Å²) in [7, 11) is 0. The summed E-state index contributed by atoms with van der Waals surface area (Å²) in [6.45, 7) is 1.91. The minimum atomic E-state index is -4.51. The van der Waals surface area contributed by atoms with Crippen molar-refractivity contribution in [3.8, 4) is 11.3 Å². The summed E-state index contributed by atoms with van der Waals surface area (Å²) in [5.41, 5.74) is 3.48. The van der Waals surface area contributed by atoms with Crippen molar-refractivity contribution >= 4 is 22.6 Å². The van der Waals surface area contributed by atoms with Gasteiger partial charge in [-0.15, -0.1) is 0 Å². The number of aromatic nitrogens is 3. The number of nitrogens with zero attached hydrogens (tertiary/aromatic N) is 2. The molecule has 0 aliphatic heterocycles. The van der Waals surface area contributed by atoms with Crippen LogP contribution in [0.3, 0.4) is 0 Å². The molecule has 4 rings (SSSR count). The van der Waals surface area contributed by atoms with E-state index in [1.807, 2.05) is 25.1 Å². The van der Waals surface area contributed by atoms with E-state index in [4.69, 9.17) is 0 Å². The fourth-order valence-corrected chi connectivity index (χ4v) is 3.00. The monoisotopic (exact) mass is 396 g/mol. The Morgan fingerprint density at radius 3 is 2.69 bits per heavy atom. The van der Waals surface area contributed by atoms with E-state index in [0.717, 1.165) is 28.8 Å². The van der Waals surface area contributed by atoms with Crippen molar-refractivity contribution in [2.45, 2.75) is 13.1 Å². The van der Waals surface area contributed by atoms with Gasteiger partial charge in [0, 0.05) is 16.8 Å². The lowest BCUT2D eigenvalue weighted by Gasteiger charge is -2.11. The molecule has 0 atom stereocenters. The lowest BCUT2D eigenvalue weighted by molar-refractivity contribution is -0.137. The van der Waals surface area contributed by atoms with Gasteiger partial charge in [0.2, 0.25) is 0 Å². The first-order valence-corrected chi connectivity index (χ1v) is 8.71. The number of aryl methyl sites for hydroxylation is 1. The highest BCUT2D eigenvalue weighted by Gasteiger charge is 2.30. The van der Waals surface area contributed by atoms with Gasteiger partial charge in [-0.05, 0) is 55.0 Å². The van der Waals surface area contributed by atoms with Crippen LogP contribution in [0.5, 0.6) is 0 Å². The van der Waals surface area contributed by atoms with Crippen LogP contribution >= 0.6 is 0 Å². The quantitative estimate of drug-likeness (QED) is 0.500. The number of benzene rings is 2. The van der Waals surface area contributed by atoms with Gasteiger partial charge in [-0.3, -0.25) is 9.89 Å². The highest BCUT2D eigenvalue weighted by molar-refractivity contribution is 6.04.